The van der Waals surface area contributed by atoms with Gasteiger partial charge in [0.05, 0.1) is 18.5 Å². The van der Waals surface area contributed by atoms with Crippen molar-refractivity contribution < 1.29 is 17.9 Å². The molecule has 1 rings (SSSR count). The highest BCUT2D eigenvalue weighted by Gasteiger charge is 2.41. The van der Waals surface area contributed by atoms with Crippen LogP contribution >= 0.6 is 0 Å². The summed E-state index contributed by atoms with van der Waals surface area (Å²) >= 11 is 0. The molecule has 21 heavy (non-hydrogen) atoms. The molecule has 0 aliphatic heterocycles. The van der Waals surface area contributed by atoms with Gasteiger partial charge in [0, 0.05) is 27.3 Å². The maximum atomic E-state index is 12.6. The third-order valence-electron chi connectivity index (χ3n) is 4.58. The Kier molecular flexibility index (Phi) is 6.65. The Morgan fingerprint density at radius 3 is 2.33 bits per heavy atom. The topological polar surface area (TPSA) is 55.8 Å². The molecule has 1 saturated carbocycles. The highest BCUT2D eigenvalue weighted by molar-refractivity contribution is 7.89. The van der Waals surface area contributed by atoms with Crippen LogP contribution in [0.1, 0.15) is 40.0 Å². The molecule has 1 aliphatic rings. The number of nitrogens with zero attached hydrogens (tertiary/aromatic N) is 1. The zero-order valence-corrected chi connectivity index (χ0v) is 15.1. The normalized spacial score (nSPS) is 25.5. The van der Waals surface area contributed by atoms with Gasteiger partial charge in [-0.2, -0.15) is 0 Å². The van der Waals surface area contributed by atoms with E-state index >= 15 is 0 Å². The van der Waals surface area contributed by atoms with Gasteiger partial charge in [-0.05, 0) is 24.2 Å². The Balaban J connectivity index is 2.82. The first kappa shape index (κ1) is 18.9. The molecule has 0 aromatic heterocycles. The van der Waals surface area contributed by atoms with Gasteiger partial charge in [0.2, 0.25) is 10.0 Å². The van der Waals surface area contributed by atoms with E-state index < -0.39 is 16.1 Å². The van der Waals surface area contributed by atoms with E-state index in [1.54, 1.807) is 18.5 Å². The van der Waals surface area contributed by atoms with Crippen LogP contribution in [-0.2, 0) is 19.5 Å². The lowest BCUT2D eigenvalue weighted by atomic mass is 9.77. The van der Waals surface area contributed by atoms with Crippen LogP contribution in [0.3, 0.4) is 0 Å². The van der Waals surface area contributed by atoms with E-state index in [0.717, 1.165) is 19.3 Å². The van der Waals surface area contributed by atoms with Gasteiger partial charge in [0.15, 0.2) is 0 Å². The lowest BCUT2D eigenvalue weighted by molar-refractivity contribution is 0.0410. The quantitative estimate of drug-likeness (QED) is 0.721. The number of hydrogen-bond acceptors (Lipinski definition) is 4. The number of hydrogen-bond donors (Lipinski definition) is 0. The highest BCUT2D eigenvalue weighted by Crippen LogP contribution is 2.42. The number of ether oxygens (including phenoxy) is 2. The minimum atomic E-state index is -3.34. The lowest BCUT2D eigenvalue weighted by Crippen LogP contribution is -2.46. The van der Waals surface area contributed by atoms with Crippen molar-refractivity contribution in [1.82, 2.24) is 4.31 Å². The van der Waals surface area contributed by atoms with Crippen molar-refractivity contribution in [1.29, 1.82) is 0 Å². The zero-order valence-electron chi connectivity index (χ0n) is 14.3. The Bertz CT molecular complexity index is 416. The summed E-state index contributed by atoms with van der Waals surface area (Å²) in [4.78, 5) is 0. The Morgan fingerprint density at radius 1 is 1.24 bits per heavy atom. The molecule has 0 aromatic carbocycles. The van der Waals surface area contributed by atoms with Crippen LogP contribution < -0.4 is 0 Å². The van der Waals surface area contributed by atoms with Crippen LogP contribution in [0.25, 0.3) is 0 Å². The smallest absolute Gasteiger partial charge is 0.216 e. The van der Waals surface area contributed by atoms with Gasteiger partial charge in [-0.15, -0.1) is 0 Å². The van der Waals surface area contributed by atoms with Gasteiger partial charge in [-0.25, -0.2) is 12.7 Å². The van der Waals surface area contributed by atoms with Crippen LogP contribution in [0, 0.1) is 11.3 Å². The average molecular weight is 321 g/mol. The zero-order chi connectivity index (χ0) is 16.3. The minimum Gasteiger partial charge on any atom is -0.382 e. The molecule has 0 N–H and O–H groups in total. The Morgan fingerprint density at radius 2 is 1.86 bits per heavy atom. The van der Waals surface area contributed by atoms with E-state index in [2.05, 4.69) is 20.8 Å². The predicted molar refractivity (Wildman–Crippen MR) is 84.8 cm³/mol. The van der Waals surface area contributed by atoms with Crippen LogP contribution in [0.15, 0.2) is 0 Å². The molecule has 1 fully saturated rings. The van der Waals surface area contributed by atoms with Crippen LogP contribution in [0.5, 0.6) is 0 Å². The molecule has 5 nitrogen and oxygen atoms in total. The van der Waals surface area contributed by atoms with E-state index in [-0.39, 0.29) is 23.8 Å². The highest BCUT2D eigenvalue weighted by atomic mass is 32.2. The summed E-state index contributed by atoms with van der Waals surface area (Å²) in [6.07, 6.45) is 2.72. The largest absolute Gasteiger partial charge is 0.382 e. The molecule has 2 unspecified atom stereocenters. The van der Waals surface area contributed by atoms with Gasteiger partial charge in [0.25, 0.3) is 0 Å². The second kappa shape index (κ2) is 7.40. The first-order valence-electron chi connectivity index (χ1n) is 7.61. The third kappa shape index (κ3) is 4.91. The van der Waals surface area contributed by atoms with Crippen LogP contribution in [0.2, 0.25) is 0 Å². The molecule has 0 saturated heterocycles. The molecule has 0 aromatic rings. The van der Waals surface area contributed by atoms with Crippen molar-refractivity contribution in [2.24, 2.45) is 11.3 Å². The second-order valence-electron chi connectivity index (χ2n) is 7.08. The van der Waals surface area contributed by atoms with Crippen molar-refractivity contribution in [3.05, 3.63) is 0 Å². The van der Waals surface area contributed by atoms with E-state index in [0.29, 0.717) is 5.92 Å². The van der Waals surface area contributed by atoms with Crippen molar-refractivity contribution in [2.45, 2.75) is 52.2 Å². The number of rotatable bonds is 7. The summed E-state index contributed by atoms with van der Waals surface area (Å²) in [6, 6.07) is 0.0926. The molecule has 0 spiro atoms. The van der Waals surface area contributed by atoms with Crippen molar-refractivity contribution in [3.8, 4) is 0 Å². The number of sulfonamides is 1. The molecule has 126 valence electrons. The predicted octanol–water partition coefficient (Wildman–Crippen LogP) is 2.12. The summed E-state index contributed by atoms with van der Waals surface area (Å²) < 4.78 is 37.0. The summed E-state index contributed by atoms with van der Waals surface area (Å²) in [5.41, 5.74) is 0.123. The molecule has 0 amide bonds. The maximum absolute atomic E-state index is 12.6. The summed E-state index contributed by atoms with van der Waals surface area (Å²) in [7, 11) is 1.44. The van der Waals surface area contributed by atoms with E-state index in [9.17, 15) is 8.42 Å². The van der Waals surface area contributed by atoms with Crippen LogP contribution in [-0.4, -0.2) is 58.5 Å². The van der Waals surface area contributed by atoms with Gasteiger partial charge in [-0.1, -0.05) is 27.2 Å². The van der Waals surface area contributed by atoms with Gasteiger partial charge >= 0.3 is 0 Å². The second-order valence-corrected chi connectivity index (χ2v) is 9.15. The maximum Gasteiger partial charge on any atom is 0.216 e. The molecule has 6 heteroatoms. The molecule has 1 aliphatic carbocycles. The molecule has 0 radical (unpaired) electrons. The number of methoxy groups -OCH3 is 2. The summed E-state index contributed by atoms with van der Waals surface area (Å²) in [6.45, 7) is 6.87. The van der Waals surface area contributed by atoms with E-state index in [4.69, 9.17) is 9.47 Å². The first-order valence-corrected chi connectivity index (χ1v) is 9.22. The average Bonchev–Trinajstić information content (AvgIpc) is 2.85. The summed E-state index contributed by atoms with van der Waals surface area (Å²) in [5.74, 6) is 0.377. The fourth-order valence-corrected chi connectivity index (χ4v) is 4.92. The monoisotopic (exact) mass is 321 g/mol. The molecular weight excluding hydrogens is 290 g/mol. The van der Waals surface area contributed by atoms with Crippen molar-refractivity contribution >= 4 is 10.0 Å². The molecule has 0 heterocycles. The molecule has 0 bridgehead atoms. The Hall–Kier alpha value is -0.170. The van der Waals surface area contributed by atoms with E-state index in [1.807, 2.05) is 0 Å². The minimum absolute atomic E-state index is 0.0266. The fraction of sp³-hybridized carbons (Fsp3) is 1.00. The summed E-state index contributed by atoms with van der Waals surface area (Å²) in [5, 5.41) is 0. The first-order chi connectivity index (χ1) is 9.63. The SMILES string of the molecule is COC[C@@H](CS(=O)(=O)N(C)C1CCCC1C(C)(C)C)OC. The Labute approximate surface area is 130 Å². The van der Waals surface area contributed by atoms with Crippen molar-refractivity contribution in [3.63, 3.8) is 0 Å². The fourth-order valence-electron chi connectivity index (χ4n) is 3.31. The van der Waals surface area contributed by atoms with Crippen LogP contribution in [0.4, 0.5) is 0 Å². The molecule has 3 atom stereocenters. The lowest BCUT2D eigenvalue weighted by Gasteiger charge is -2.37. The third-order valence-corrected chi connectivity index (χ3v) is 6.52. The molecular formula is C15H31NO4S. The van der Waals surface area contributed by atoms with Gasteiger partial charge < -0.3 is 9.47 Å². The van der Waals surface area contributed by atoms with Gasteiger partial charge in [0.1, 0.15) is 0 Å². The standard InChI is InChI=1S/C15H31NO4S/c1-15(2,3)13-8-7-9-14(13)16(4)21(17,18)11-12(20-6)10-19-5/h12-14H,7-11H2,1-6H3/t12-,13?,14?/m0/s1. The van der Waals surface area contributed by atoms with Gasteiger partial charge in [-0.3, -0.25) is 0 Å². The van der Waals surface area contributed by atoms with Crippen molar-refractivity contribution in [2.75, 3.05) is 33.6 Å². The van der Waals surface area contributed by atoms with E-state index in [1.165, 1.54) is 7.11 Å².